The van der Waals surface area contributed by atoms with E-state index in [-0.39, 0.29) is 0 Å². The standard InChI is InChI=1S/C9H16N4S/c1-7-4-13(2)5-9(7)10-3-8-6-14-12-11-8/h6-7,9-10H,3-5H2,1-2H3. The highest BCUT2D eigenvalue weighted by Crippen LogP contribution is 2.14. The lowest BCUT2D eigenvalue weighted by Crippen LogP contribution is -2.34. The highest BCUT2D eigenvalue weighted by atomic mass is 32.1. The number of nitrogens with zero attached hydrogens (tertiary/aromatic N) is 3. The second kappa shape index (κ2) is 4.33. The first-order chi connectivity index (χ1) is 6.75. The van der Waals surface area contributed by atoms with Crippen molar-refractivity contribution in [1.29, 1.82) is 0 Å². The number of hydrogen-bond acceptors (Lipinski definition) is 5. The van der Waals surface area contributed by atoms with Crippen LogP contribution in [0.3, 0.4) is 0 Å². The molecule has 14 heavy (non-hydrogen) atoms. The van der Waals surface area contributed by atoms with Crippen molar-refractivity contribution in [3.8, 4) is 0 Å². The number of hydrogen-bond donors (Lipinski definition) is 1. The van der Waals surface area contributed by atoms with E-state index in [0.717, 1.165) is 24.7 Å². The van der Waals surface area contributed by atoms with E-state index in [1.54, 1.807) is 0 Å². The molecule has 1 fully saturated rings. The molecule has 2 rings (SSSR count). The molecular formula is C9H16N4S. The van der Waals surface area contributed by atoms with Gasteiger partial charge in [-0.1, -0.05) is 11.4 Å². The van der Waals surface area contributed by atoms with Gasteiger partial charge in [0.25, 0.3) is 0 Å². The molecule has 0 bridgehead atoms. The molecule has 1 N–H and O–H groups in total. The minimum atomic E-state index is 0.599. The first-order valence-electron chi connectivity index (χ1n) is 4.93. The number of likely N-dealkylation sites (N-methyl/N-ethyl adjacent to an activating group) is 1. The zero-order valence-corrected chi connectivity index (χ0v) is 9.42. The second-order valence-corrected chi connectivity index (χ2v) is 4.69. The van der Waals surface area contributed by atoms with Gasteiger partial charge in [-0.25, -0.2) is 0 Å². The van der Waals surface area contributed by atoms with Crippen molar-refractivity contribution in [3.05, 3.63) is 11.1 Å². The highest BCUT2D eigenvalue weighted by Gasteiger charge is 2.26. The molecule has 0 aliphatic carbocycles. The zero-order chi connectivity index (χ0) is 9.97. The fourth-order valence-electron chi connectivity index (χ4n) is 1.97. The topological polar surface area (TPSA) is 41.0 Å². The van der Waals surface area contributed by atoms with Crippen LogP contribution in [0.1, 0.15) is 12.6 Å². The maximum Gasteiger partial charge on any atom is 0.0893 e. The summed E-state index contributed by atoms with van der Waals surface area (Å²) in [7, 11) is 2.17. The van der Waals surface area contributed by atoms with E-state index in [1.807, 2.05) is 5.38 Å². The summed E-state index contributed by atoms with van der Waals surface area (Å²) in [5, 5.41) is 9.54. The lowest BCUT2D eigenvalue weighted by molar-refractivity contribution is 0.396. The molecule has 0 saturated carbocycles. The summed E-state index contributed by atoms with van der Waals surface area (Å²) in [6, 6.07) is 0.599. The zero-order valence-electron chi connectivity index (χ0n) is 8.60. The van der Waals surface area contributed by atoms with E-state index in [2.05, 4.69) is 33.8 Å². The Bertz CT molecular complexity index is 274. The lowest BCUT2D eigenvalue weighted by Gasteiger charge is -2.14. The minimum Gasteiger partial charge on any atom is -0.307 e. The van der Waals surface area contributed by atoms with E-state index in [0.29, 0.717) is 6.04 Å². The van der Waals surface area contributed by atoms with E-state index in [4.69, 9.17) is 0 Å². The van der Waals surface area contributed by atoms with Crippen LogP contribution in [0.25, 0.3) is 0 Å². The summed E-state index contributed by atoms with van der Waals surface area (Å²) in [6.07, 6.45) is 0. The van der Waals surface area contributed by atoms with Gasteiger partial charge >= 0.3 is 0 Å². The summed E-state index contributed by atoms with van der Waals surface area (Å²) in [5.74, 6) is 0.728. The Morgan fingerprint density at radius 1 is 1.64 bits per heavy atom. The van der Waals surface area contributed by atoms with Crippen molar-refractivity contribution in [2.24, 2.45) is 5.92 Å². The third kappa shape index (κ3) is 2.29. The van der Waals surface area contributed by atoms with Gasteiger partial charge in [-0.05, 0) is 24.5 Å². The van der Waals surface area contributed by atoms with Crippen LogP contribution in [0.2, 0.25) is 0 Å². The van der Waals surface area contributed by atoms with Gasteiger partial charge in [0.15, 0.2) is 0 Å². The van der Waals surface area contributed by atoms with E-state index in [9.17, 15) is 0 Å². The smallest absolute Gasteiger partial charge is 0.0893 e. The fourth-order valence-corrected chi connectivity index (χ4v) is 2.42. The first kappa shape index (κ1) is 10.0. The molecule has 0 radical (unpaired) electrons. The fraction of sp³-hybridized carbons (Fsp3) is 0.778. The molecular weight excluding hydrogens is 196 g/mol. The third-order valence-corrected chi connectivity index (χ3v) is 3.30. The van der Waals surface area contributed by atoms with Crippen LogP contribution in [-0.2, 0) is 6.54 Å². The van der Waals surface area contributed by atoms with Crippen LogP contribution >= 0.6 is 11.5 Å². The monoisotopic (exact) mass is 212 g/mol. The van der Waals surface area contributed by atoms with Gasteiger partial charge in [-0.2, -0.15) is 0 Å². The summed E-state index contributed by atoms with van der Waals surface area (Å²) < 4.78 is 3.84. The van der Waals surface area contributed by atoms with Gasteiger partial charge in [0.1, 0.15) is 0 Å². The van der Waals surface area contributed by atoms with Gasteiger partial charge in [0, 0.05) is 31.1 Å². The minimum absolute atomic E-state index is 0.599. The van der Waals surface area contributed by atoms with Gasteiger partial charge in [0.2, 0.25) is 0 Å². The molecule has 2 unspecified atom stereocenters. The number of rotatable bonds is 3. The molecule has 1 aromatic heterocycles. The summed E-state index contributed by atoms with van der Waals surface area (Å²) in [5.41, 5.74) is 1.05. The van der Waals surface area contributed by atoms with Gasteiger partial charge in [-0.15, -0.1) is 5.10 Å². The molecule has 0 spiro atoms. The second-order valence-electron chi connectivity index (χ2n) is 4.08. The number of nitrogens with one attached hydrogen (secondary N) is 1. The van der Waals surface area contributed by atoms with Crippen molar-refractivity contribution < 1.29 is 0 Å². The van der Waals surface area contributed by atoms with Crippen LogP contribution in [0.4, 0.5) is 0 Å². The van der Waals surface area contributed by atoms with E-state index in [1.165, 1.54) is 18.1 Å². The van der Waals surface area contributed by atoms with Crippen molar-refractivity contribution in [2.75, 3.05) is 20.1 Å². The van der Waals surface area contributed by atoms with Crippen LogP contribution in [-0.4, -0.2) is 40.7 Å². The van der Waals surface area contributed by atoms with Crippen LogP contribution in [0.5, 0.6) is 0 Å². The molecule has 0 aromatic carbocycles. The SMILES string of the molecule is CC1CN(C)CC1NCc1csnn1. The quantitative estimate of drug-likeness (QED) is 0.795. The molecule has 2 heterocycles. The number of likely N-dealkylation sites (tertiary alicyclic amines) is 1. The van der Waals surface area contributed by atoms with Crippen molar-refractivity contribution >= 4 is 11.5 Å². The average molecular weight is 212 g/mol. The predicted molar refractivity (Wildman–Crippen MR) is 57.2 cm³/mol. The predicted octanol–water partition coefficient (Wildman–Crippen LogP) is 0.578. The van der Waals surface area contributed by atoms with Crippen molar-refractivity contribution in [3.63, 3.8) is 0 Å². The Morgan fingerprint density at radius 3 is 3.07 bits per heavy atom. The maximum absolute atomic E-state index is 4.01. The average Bonchev–Trinajstić information content (AvgIpc) is 2.72. The molecule has 5 heteroatoms. The van der Waals surface area contributed by atoms with Crippen LogP contribution in [0.15, 0.2) is 5.38 Å². The molecule has 1 aromatic rings. The van der Waals surface area contributed by atoms with Crippen LogP contribution < -0.4 is 5.32 Å². The first-order valence-corrected chi connectivity index (χ1v) is 5.77. The van der Waals surface area contributed by atoms with Crippen LogP contribution in [0, 0.1) is 5.92 Å². The summed E-state index contributed by atoms with van der Waals surface area (Å²) in [6.45, 7) is 5.46. The Kier molecular flexibility index (Phi) is 3.10. The Hall–Kier alpha value is -0.520. The largest absolute Gasteiger partial charge is 0.307 e. The Labute approximate surface area is 88.5 Å². The molecule has 1 aliphatic heterocycles. The van der Waals surface area contributed by atoms with E-state index < -0.39 is 0 Å². The third-order valence-electron chi connectivity index (χ3n) is 2.75. The van der Waals surface area contributed by atoms with Crippen molar-refractivity contribution in [1.82, 2.24) is 19.8 Å². The Morgan fingerprint density at radius 2 is 2.50 bits per heavy atom. The molecule has 1 saturated heterocycles. The molecule has 4 nitrogen and oxygen atoms in total. The normalized spacial score (nSPS) is 28.4. The molecule has 0 amide bonds. The van der Waals surface area contributed by atoms with Gasteiger partial charge in [-0.3, -0.25) is 0 Å². The van der Waals surface area contributed by atoms with Crippen molar-refractivity contribution in [2.45, 2.75) is 19.5 Å². The van der Waals surface area contributed by atoms with Gasteiger partial charge < -0.3 is 10.2 Å². The lowest BCUT2D eigenvalue weighted by atomic mass is 10.1. The highest BCUT2D eigenvalue weighted by molar-refractivity contribution is 7.03. The molecule has 2 atom stereocenters. The maximum atomic E-state index is 4.01. The van der Waals surface area contributed by atoms with Gasteiger partial charge in [0.05, 0.1) is 5.69 Å². The van der Waals surface area contributed by atoms with E-state index >= 15 is 0 Å². The number of aromatic nitrogens is 2. The molecule has 1 aliphatic rings. The summed E-state index contributed by atoms with van der Waals surface area (Å²) >= 11 is 1.41. The Balaban J connectivity index is 1.81. The molecule has 78 valence electrons. The summed E-state index contributed by atoms with van der Waals surface area (Å²) in [4.78, 5) is 2.36.